The predicted molar refractivity (Wildman–Crippen MR) is 94.7 cm³/mol. The van der Waals surface area contributed by atoms with E-state index in [9.17, 15) is 10.2 Å². The van der Waals surface area contributed by atoms with Crippen molar-refractivity contribution >= 4 is 0 Å². The van der Waals surface area contributed by atoms with Crippen molar-refractivity contribution in [2.24, 2.45) is 34.5 Å². The second kappa shape index (κ2) is 7.21. The fraction of sp³-hybridized carbons (Fsp3) is 1.00. The number of hydrogen-bond donors (Lipinski definition) is 2. The molecule has 0 radical (unpaired) electrons. The Morgan fingerprint density at radius 3 is 0.864 bits per heavy atom. The molecule has 22 heavy (non-hydrogen) atoms. The average molecular weight is 313 g/mol. The monoisotopic (exact) mass is 312 g/mol. The zero-order valence-corrected chi connectivity index (χ0v) is 16.2. The van der Waals surface area contributed by atoms with Crippen LogP contribution < -0.4 is 0 Å². The zero-order valence-electron chi connectivity index (χ0n) is 16.2. The molecule has 1 aliphatic rings. The third kappa shape index (κ3) is 3.70. The minimum absolute atomic E-state index is 0.299. The van der Waals surface area contributed by atoms with Crippen LogP contribution in [-0.2, 0) is 0 Å². The highest BCUT2D eigenvalue weighted by Crippen LogP contribution is 2.64. The van der Waals surface area contributed by atoms with E-state index in [1.807, 2.05) is 0 Å². The molecule has 1 saturated carbocycles. The van der Waals surface area contributed by atoms with E-state index >= 15 is 0 Å². The minimum Gasteiger partial charge on any atom is -0.392 e. The van der Waals surface area contributed by atoms with Gasteiger partial charge in [0.2, 0.25) is 0 Å². The third-order valence-electron chi connectivity index (χ3n) is 5.33. The number of aliphatic hydroxyl groups is 2. The second-order valence-electron chi connectivity index (χ2n) is 9.66. The summed E-state index contributed by atoms with van der Waals surface area (Å²) in [5.41, 5.74) is -0.599. The highest BCUT2D eigenvalue weighted by atomic mass is 16.3. The quantitative estimate of drug-likeness (QED) is 0.670. The summed E-state index contributed by atoms with van der Waals surface area (Å²) >= 11 is 0. The van der Waals surface area contributed by atoms with E-state index in [4.69, 9.17) is 0 Å². The van der Waals surface area contributed by atoms with Crippen LogP contribution in [0.1, 0.15) is 81.1 Å². The highest BCUT2D eigenvalue weighted by Gasteiger charge is 2.69. The van der Waals surface area contributed by atoms with E-state index in [1.54, 1.807) is 0 Å². The van der Waals surface area contributed by atoms with E-state index in [0.717, 1.165) is 25.7 Å². The van der Waals surface area contributed by atoms with Gasteiger partial charge < -0.3 is 10.2 Å². The van der Waals surface area contributed by atoms with Crippen LogP contribution >= 0.6 is 0 Å². The number of aliphatic hydroxyl groups excluding tert-OH is 2. The molecule has 0 unspecified atom stereocenters. The van der Waals surface area contributed by atoms with Gasteiger partial charge in [-0.2, -0.15) is 0 Å². The Labute approximate surface area is 138 Å². The zero-order chi connectivity index (χ0) is 17.3. The molecule has 1 fully saturated rings. The lowest BCUT2D eigenvalue weighted by Gasteiger charge is -2.67. The molecule has 132 valence electrons. The second-order valence-corrected chi connectivity index (χ2v) is 9.66. The molecule has 0 bridgehead atoms. The predicted octanol–water partition coefficient (Wildman–Crippen LogP) is 4.88. The smallest absolute Gasteiger partial charge is 0.0702 e. The Morgan fingerprint density at radius 1 is 0.545 bits per heavy atom. The van der Waals surface area contributed by atoms with Gasteiger partial charge in [-0.25, -0.2) is 0 Å². The Kier molecular flexibility index (Phi) is 6.55. The van der Waals surface area contributed by atoms with Gasteiger partial charge in [0.1, 0.15) is 0 Å². The van der Waals surface area contributed by atoms with Gasteiger partial charge in [-0.1, -0.05) is 55.4 Å². The number of hydrogen-bond acceptors (Lipinski definition) is 2. The Bertz CT molecular complexity index is 278. The van der Waals surface area contributed by atoms with Crippen LogP contribution in [0.5, 0.6) is 0 Å². The summed E-state index contributed by atoms with van der Waals surface area (Å²) in [5, 5.41) is 22.5. The van der Waals surface area contributed by atoms with E-state index in [2.05, 4.69) is 55.4 Å². The van der Waals surface area contributed by atoms with Crippen molar-refractivity contribution in [3.8, 4) is 0 Å². The SMILES string of the molecule is CC(C)CC1(CC(C)C)C(O)C(CC(C)C)(CC(C)C)C1O. The molecule has 0 aromatic carbocycles. The molecule has 0 atom stereocenters. The molecule has 1 aliphatic carbocycles. The molecule has 0 heterocycles. The molecule has 2 heteroatoms. The van der Waals surface area contributed by atoms with Gasteiger partial charge in [-0.15, -0.1) is 0 Å². The average Bonchev–Trinajstić information content (AvgIpc) is 2.33. The standard InChI is InChI=1S/C20H40O2/c1-13(2)9-19(10-14(3)4)17(21)20(18(19)22,11-15(5)6)12-16(7)8/h13-18,21-22H,9-12H2,1-8H3. The van der Waals surface area contributed by atoms with Crippen LogP contribution in [0.25, 0.3) is 0 Å². The Balaban J connectivity index is 3.13. The van der Waals surface area contributed by atoms with E-state index in [-0.39, 0.29) is 23.0 Å². The van der Waals surface area contributed by atoms with Gasteiger partial charge in [0.05, 0.1) is 12.2 Å². The minimum atomic E-state index is -0.371. The normalized spacial score (nSPS) is 27.0. The molecule has 0 amide bonds. The van der Waals surface area contributed by atoms with Gasteiger partial charge in [-0.3, -0.25) is 0 Å². The van der Waals surface area contributed by atoms with Gasteiger partial charge in [0.15, 0.2) is 0 Å². The third-order valence-corrected chi connectivity index (χ3v) is 5.33. The maximum atomic E-state index is 11.3. The summed E-state index contributed by atoms with van der Waals surface area (Å²) < 4.78 is 0. The van der Waals surface area contributed by atoms with Crippen molar-refractivity contribution in [3.63, 3.8) is 0 Å². The van der Waals surface area contributed by atoms with Gasteiger partial charge >= 0.3 is 0 Å². The van der Waals surface area contributed by atoms with Gasteiger partial charge in [0.25, 0.3) is 0 Å². The lowest BCUT2D eigenvalue weighted by Crippen LogP contribution is -2.73. The first-order valence-corrected chi connectivity index (χ1v) is 9.34. The highest BCUT2D eigenvalue weighted by molar-refractivity contribution is 5.18. The molecule has 0 aromatic heterocycles. The molecule has 2 N–H and O–H groups in total. The topological polar surface area (TPSA) is 40.5 Å². The lowest BCUT2D eigenvalue weighted by molar-refractivity contribution is -0.299. The molecule has 0 saturated heterocycles. The lowest BCUT2D eigenvalue weighted by atomic mass is 9.41. The van der Waals surface area contributed by atoms with E-state index in [0.29, 0.717) is 23.7 Å². The Morgan fingerprint density at radius 2 is 0.727 bits per heavy atom. The fourth-order valence-electron chi connectivity index (χ4n) is 5.45. The molecule has 1 rings (SSSR count). The van der Waals surface area contributed by atoms with Crippen molar-refractivity contribution in [3.05, 3.63) is 0 Å². The summed E-state index contributed by atoms with van der Waals surface area (Å²) in [6.07, 6.45) is 2.95. The van der Waals surface area contributed by atoms with Crippen LogP contribution in [0.4, 0.5) is 0 Å². The van der Waals surface area contributed by atoms with Crippen molar-refractivity contribution in [1.29, 1.82) is 0 Å². The van der Waals surface area contributed by atoms with E-state index < -0.39 is 0 Å². The Hall–Kier alpha value is -0.0800. The number of rotatable bonds is 8. The van der Waals surface area contributed by atoms with Gasteiger partial charge in [0, 0.05) is 10.8 Å². The first-order chi connectivity index (χ1) is 9.98. The first kappa shape index (κ1) is 20.0. The van der Waals surface area contributed by atoms with Crippen molar-refractivity contribution in [1.82, 2.24) is 0 Å². The van der Waals surface area contributed by atoms with Crippen LogP contribution in [0.2, 0.25) is 0 Å². The van der Waals surface area contributed by atoms with Crippen molar-refractivity contribution in [2.75, 3.05) is 0 Å². The van der Waals surface area contributed by atoms with Crippen molar-refractivity contribution < 1.29 is 10.2 Å². The van der Waals surface area contributed by atoms with Crippen molar-refractivity contribution in [2.45, 2.75) is 93.3 Å². The summed E-state index contributed by atoms with van der Waals surface area (Å²) in [6, 6.07) is 0. The van der Waals surface area contributed by atoms with E-state index in [1.165, 1.54) is 0 Å². The molecule has 0 aromatic rings. The summed E-state index contributed by atoms with van der Waals surface area (Å²) in [6.45, 7) is 17.6. The molecular formula is C20H40O2. The first-order valence-electron chi connectivity index (χ1n) is 9.34. The molecule has 2 nitrogen and oxygen atoms in total. The van der Waals surface area contributed by atoms with Crippen LogP contribution in [0.15, 0.2) is 0 Å². The molecule has 0 aliphatic heterocycles. The maximum Gasteiger partial charge on any atom is 0.0702 e. The fourth-order valence-corrected chi connectivity index (χ4v) is 5.45. The van der Waals surface area contributed by atoms with Crippen LogP contribution in [-0.4, -0.2) is 22.4 Å². The summed E-state index contributed by atoms with van der Waals surface area (Å²) in [4.78, 5) is 0. The van der Waals surface area contributed by atoms with Gasteiger partial charge in [-0.05, 0) is 49.4 Å². The summed E-state index contributed by atoms with van der Waals surface area (Å²) in [5.74, 6) is 2.00. The molecule has 0 spiro atoms. The maximum absolute atomic E-state index is 11.3. The van der Waals surface area contributed by atoms with Crippen LogP contribution in [0, 0.1) is 34.5 Å². The van der Waals surface area contributed by atoms with Crippen LogP contribution in [0.3, 0.4) is 0 Å². The summed E-state index contributed by atoms with van der Waals surface area (Å²) in [7, 11) is 0. The largest absolute Gasteiger partial charge is 0.392 e. The molecular weight excluding hydrogens is 272 g/mol.